The van der Waals surface area contributed by atoms with Gasteiger partial charge in [-0.15, -0.1) is 0 Å². The molecule has 106 valence electrons. The highest BCUT2D eigenvalue weighted by Crippen LogP contribution is 2.23. The summed E-state index contributed by atoms with van der Waals surface area (Å²) < 4.78 is 0.900. The molecule has 21 heavy (non-hydrogen) atoms. The lowest BCUT2D eigenvalue weighted by molar-refractivity contribution is -0.115. The van der Waals surface area contributed by atoms with Crippen molar-refractivity contribution < 1.29 is 4.79 Å². The number of anilines is 1. The van der Waals surface area contributed by atoms with Gasteiger partial charge in [0.15, 0.2) is 0 Å². The minimum atomic E-state index is -0.0190. The molecule has 0 aliphatic rings. The fraction of sp³-hybridized carbons (Fsp3) is 0.118. The number of rotatable bonds is 3. The van der Waals surface area contributed by atoms with Crippen LogP contribution in [0.4, 0.5) is 5.69 Å². The van der Waals surface area contributed by atoms with Gasteiger partial charge in [-0.3, -0.25) is 4.79 Å². The first-order chi connectivity index (χ1) is 10.1. The number of hydrogen-bond acceptors (Lipinski definition) is 1. The van der Waals surface area contributed by atoms with Crippen LogP contribution >= 0.6 is 15.9 Å². The lowest BCUT2D eigenvalue weighted by Gasteiger charge is -2.08. The Kier molecular flexibility index (Phi) is 3.80. The van der Waals surface area contributed by atoms with E-state index in [0.29, 0.717) is 6.42 Å². The van der Waals surface area contributed by atoms with Crippen LogP contribution in [0.5, 0.6) is 0 Å². The second-order valence-corrected chi connectivity index (χ2v) is 5.96. The van der Waals surface area contributed by atoms with E-state index in [9.17, 15) is 4.79 Å². The number of hydrogen-bond donors (Lipinski definition) is 2. The maximum Gasteiger partial charge on any atom is 0.228 e. The number of nitrogens with one attached hydrogen (secondary N) is 2. The molecule has 0 radical (unpaired) electrons. The van der Waals surface area contributed by atoms with Crippen LogP contribution in [0, 0.1) is 6.92 Å². The first kappa shape index (κ1) is 13.9. The second kappa shape index (κ2) is 5.74. The molecule has 2 N–H and O–H groups in total. The Morgan fingerprint density at radius 3 is 2.86 bits per heavy atom. The van der Waals surface area contributed by atoms with E-state index in [1.807, 2.05) is 55.6 Å². The Morgan fingerprint density at radius 2 is 2.05 bits per heavy atom. The summed E-state index contributed by atoms with van der Waals surface area (Å²) in [6, 6.07) is 13.9. The first-order valence-electron chi connectivity index (χ1n) is 6.74. The molecule has 2 aromatic carbocycles. The molecular formula is C17H15BrN2O. The smallest absolute Gasteiger partial charge is 0.228 e. The topological polar surface area (TPSA) is 44.9 Å². The molecule has 1 heterocycles. The van der Waals surface area contributed by atoms with Crippen molar-refractivity contribution in [1.29, 1.82) is 0 Å². The van der Waals surface area contributed by atoms with E-state index >= 15 is 0 Å². The molecule has 0 aliphatic heterocycles. The van der Waals surface area contributed by atoms with Crippen molar-refractivity contribution in [1.82, 2.24) is 4.98 Å². The van der Waals surface area contributed by atoms with E-state index < -0.39 is 0 Å². The van der Waals surface area contributed by atoms with Crippen molar-refractivity contribution in [2.45, 2.75) is 13.3 Å². The Bertz CT molecular complexity index is 807. The quantitative estimate of drug-likeness (QED) is 0.726. The first-order valence-corrected chi connectivity index (χ1v) is 7.53. The number of halogens is 1. The number of carbonyl (C=O) groups is 1. The third kappa shape index (κ3) is 3.16. The van der Waals surface area contributed by atoms with Gasteiger partial charge < -0.3 is 10.3 Å². The Balaban J connectivity index is 1.73. The summed E-state index contributed by atoms with van der Waals surface area (Å²) in [6.07, 6.45) is 2.26. The zero-order chi connectivity index (χ0) is 14.8. The summed E-state index contributed by atoms with van der Waals surface area (Å²) in [5, 5.41) is 4.06. The zero-order valence-electron chi connectivity index (χ0n) is 11.6. The number of H-pyrrole nitrogens is 1. The number of amides is 1. The van der Waals surface area contributed by atoms with Crippen molar-refractivity contribution in [3.05, 3.63) is 64.3 Å². The predicted molar refractivity (Wildman–Crippen MR) is 89.5 cm³/mol. The third-order valence-corrected chi connectivity index (χ3v) is 4.04. The van der Waals surface area contributed by atoms with Crippen LogP contribution in [0.2, 0.25) is 0 Å². The number of aromatic nitrogens is 1. The molecule has 0 saturated heterocycles. The van der Waals surface area contributed by atoms with Gasteiger partial charge in [-0.2, -0.15) is 0 Å². The minimum absolute atomic E-state index is 0.0190. The highest BCUT2D eigenvalue weighted by atomic mass is 79.9. The molecule has 0 aliphatic carbocycles. The monoisotopic (exact) mass is 342 g/mol. The van der Waals surface area contributed by atoms with Gasteiger partial charge in [-0.25, -0.2) is 0 Å². The van der Waals surface area contributed by atoms with Crippen LogP contribution in [0.3, 0.4) is 0 Å². The van der Waals surface area contributed by atoms with Crippen LogP contribution in [0.25, 0.3) is 10.9 Å². The molecule has 0 bridgehead atoms. The predicted octanol–water partition coefficient (Wildman–Crippen LogP) is 4.42. The molecule has 3 rings (SSSR count). The molecule has 0 unspecified atom stereocenters. The van der Waals surface area contributed by atoms with Gasteiger partial charge >= 0.3 is 0 Å². The lowest BCUT2D eigenvalue weighted by Crippen LogP contribution is -2.14. The van der Waals surface area contributed by atoms with Gasteiger partial charge in [0, 0.05) is 16.2 Å². The molecular weight excluding hydrogens is 328 g/mol. The van der Waals surface area contributed by atoms with E-state index in [1.54, 1.807) is 0 Å². The minimum Gasteiger partial charge on any atom is -0.361 e. The van der Waals surface area contributed by atoms with Gasteiger partial charge in [0.05, 0.1) is 12.1 Å². The van der Waals surface area contributed by atoms with Crippen molar-refractivity contribution in [3.63, 3.8) is 0 Å². The molecule has 0 spiro atoms. The standard InChI is InChI=1S/C17H15BrN2O/c1-11-2-4-16(14(18)8-11)20-17(21)10-12-3-5-15-13(9-12)6-7-19-15/h2-9,19H,10H2,1H3,(H,20,21). The molecule has 1 amide bonds. The third-order valence-electron chi connectivity index (χ3n) is 3.38. The summed E-state index contributed by atoms with van der Waals surface area (Å²) in [6.45, 7) is 2.02. The Morgan fingerprint density at radius 1 is 1.19 bits per heavy atom. The average Bonchev–Trinajstić information content (AvgIpc) is 2.89. The van der Waals surface area contributed by atoms with Gasteiger partial charge in [-0.05, 0) is 69.7 Å². The van der Waals surface area contributed by atoms with E-state index in [1.165, 1.54) is 0 Å². The number of carbonyl (C=O) groups excluding carboxylic acids is 1. The number of benzene rings is 2. The maximum atomic E-state index is 12.2. The van der Waals surface area contributed by atoms with Crippen LogP contribution < -0.4 is 5.32 Å². The largest absolute Gasteiger partial charge is 0.361 e. The van der Waals surface area contributed by atoms with Crippen molar-refractivity contribution in [2.24, 2.45) is 0 Å². The van der Waals surface area contributed by atoms with Crippen LogP contribution in [0.1, 0.15) is 11.1 Å². The molecule has 3 aromatic rings. The van der Waals surface area contributed by atoms with E-state index in [2.05, 4.69) is 26.2 Å². The molecule has 0 atom stereocenters. The molecule has 0 fully saturated rings. The molecule has 4 heteroatoms. The Hall–Kier alpha value is -2.07. The number of fused-ring (bicyclic) bond motifs is 1. The molecule has 0 saturated carbocycles. The fourth-order valence-electron chi connectivity index (χ4n) is 2.31. The van der Waals surface area contributed by atoms with E-state index in [0.717, 1.165) is 32.2 Å². The molecule has 1 aromatic heterocycles. The fourth-order valence-corrected chi connectivity index (χ4v) is 2.91. The summed E-state index contributed by atoms with van der Waals surface area (Å²) in [5.74, 6) is -0.0190. The molecule has 3 nitrogen and oxygen atoms in total. The summed E-state index contributed by atoms with van der Waals surface area (Å²) in [4.78, 5) is 15.3. The number of aromatic amines is 1. The van der Waals surface area contributed by atoms with Crippen LogP contribution in [-0.2, 0) is 11.2 Å². The van der Waals surface area contributed by atoms with E-state index in [4.69, 9.17) is 0 Å². The van der Waals surface area contributed by atoms with E-state index in [-0.39, 0.29) is 5.91 Å². The highest BCUT2D eigenvalue weighted by molar-refractivity contribution is 9.10. The number of aryl methyl sites for hydroxylation is 1. The van der Waals surface area contributed by atoms with Crippen LogP contribution in [-0.4, -0.2) is 10.9 Å². The summed E-state index contributed by atoms with van der Waals surface area (Å²) in [7, 11) is 0. The Labute approximate surface area is 131 Å². The summed E-state index contributed by atoms with van der Waals surface area (Å²) >= 11 is 3.47. The van der Waals surface area contributed by atoms with Gasteiger partial charge in [0.25, 0.3) is 0 Å². The SMILES string of the molecule is Cc1ccc(NC(=O)Cc2ccc3[nH]ccc3c2)c(Br)c1. The van der Waals surface area contributed by atoms with Gasteiger partial charge in [-0.1, -0.05) is 12.1 Å². The zero-order valence-corrected chi connectivity index (χ0v) is 13.2. The van der Waals surface area contributed by atoms with Gasteiger partial charge in [0.2, 0.25) is 5.91 Å². The normalized spacial score (nSPS) is 10.8. The van der Waals surface area contributed by atoms with Crippen molar-refractivity contribution in [2.75, 3.05) is 5.32 Å². The van der Waals surface area contributed by atoms with Crippen molar-refractivity contribution >= 4 is 38.4 Å². The lowest BCUT2D eigenvalue weighted by atomic mass is 10.1. The second-order valence-electron chi connectivity index (χ2n) is 5.11. The summed E-state index contributed by atoms with van der Waals surface area (Å²) in [5.41, 5.74) is 4.04. The maximum absolute atomic E-state index is 12.2. The van der Waals surface area contributed by atoms with Crippen molar-refractivity contribution in [3.8, 4) is 0 Å². The average molecular weight is 343 g/mol. The van der Waals surface area contributed by atoms with Crippen LogP contribution in [0.15, 0.2) is 53.1 Å². The van der Waals surface area contributed by atoms with Gasteiger partial charge in [0.1, 0.15) is 0 Å². The highest BCUT2D eigenvalue weighted by Gasteiger charge is 2.07.